The molecule has 1 rings (SSSR count). The lowest BCUT2D eigenvalue weighted by atomic mass is 9.92. The Bertz CT molecular complexity index is 333. The second-order valence-corrected chi connectivity index (χ2v) is 3.77. The Morgan fingerprint density at radius 3 is 2.56 bits per heavy atom. The summed E-state index contributed by atoms with van der Waals surface area (Å²) in [5.41, 5.74) is 6.49. The predicted molar refractivity (Wildman–Crippen MR) is 66.6 cm³/mol. The first kappa shape index (κ1) is 15.2. The molecular weight excluding hydrogens is 229 g/mol. The van der Waals surface area contributed by atoms with Crippen molar-refractivity contribution in [2.75, 3.05) is 7.11 Å². The maximum absolute atomic E-state index is 13.6. The first-order valence-corrected chi connectivity index (χ1v) is 5.19. The van der Waals surface area contributed by atoms with Crippen LogP contribution in [-0.4, -0.2) is 7.11 Å². The van der Waals surface area contributed by atoms with E-state index in [1.54, 1.807) is 12.1 Å². The highest BCUT2D eigenvalue weighted by Gasteiger charge is 2.20. The molecule has 0 aliphatic heterocycles. The number of nitrogens with two attached hydrogens (primary N) is 1. The van der Waals surface area contributed by atoms with Gasteiger partial charge in [0, 0.05) is 11.6 Å². The summed E-state index contributed by atoms with van der Waals surface area (Å²) in [6, 6.07) is 4.47. The molecule has 1 aromatic carbocycles. The molecule has 92 valence electrons. The molecule has 0 amide bonds. The number of hydrogen-bond acceptors (Lipinski definition) is 2. The zero-order valence-electron chi connectivity index (χ0n) is 9.87. The van der Waals surface area contributed by atoms with Crippen molar-refractivity contribution in [1.29, 1.82) is 0 Å². The van der Waals surface area contributed by atoms with E-state index in [1.807, 2.05) is 13.8 Å². The average molecular weight is 248 g/mol. The molecule has 2 nitrogen and oxygen atoms in total. The largest absolute Gasteiger partial charge is 0.496 e. The Morgan fingerprint density at radius 2 is 2.06 bits per heavy atom. The van der Waals surface area contributed by atoms with Crippen LogP contribution in [0.3, 0.4) is 0 Å². The molecule has 2 N–H and O–H groups in total. The number of hydrogen-bond donors (Lipinski definition) is 1. The van der Waals surface area contributed by atoms with Crippen LogP contribution in [0.4, 0.5) is 4.39 Å². The normalized spacial score (nSPS) is 13.8. The fourth-order valence-electron chi connectivity index (χ4n) is 1.56. The Hall–Kier alpha value is -0.800. The van der Waals surface area contributed by atoms with Gasteiger partial charge >= 0.3 is 0 Å². The van der Waals surface area contributed by atoms with Crippen molar-refractivity contribution >= 4 is 12.4 Å². The standard InChI is InChI=1S/C12H18FNO.ClH/c1-4-8(2)12(14)11-9(13)6-5-7-10(11)15-3;/h5-8,12H,4,14H2,1-3H3;1H/t8?,12-;/m0./s1. The van der Waals surface area contributed by atoms with Crippen LogP contribution in [0.25, 0.3) is 0 Å². The summed E-state index contributed by atoms with van der Waals surface area (Å²) < 4.78 is 18.7. The summed E-state index contributed by atoms with van der Waals surface area (Å²) in [6.07, 6.45) is 0.915. The number of benzene rings is 1. The van der Waals surface area contributed by atoms with Gasteiger partial charge in [-0.15, -0.1) is 12.4 Å². The quantitative estimate of drug-likeness (QED) is 0.886. The van der Waals surface area contributed by atoms with Crippen molar-refractivity contribution in [2.45, 2.75) is 26.3 Å². The molecule has 2 atom stereocenters. The van der Waals surface area contributed by atoms with Crippen LogP contribution in [0, 0.1) is 11.7 Å². The lowest BCUT2D eigenvalue weighted by molar-refractivity contribution is 0.377. The molecule has 0 saturated heterocycles. The smallest absolute Gasteiger partial charge is 0.131 e. The number of halogens is 2. The van der Waals surface area contributed by atoms with E-state index in [4.69, 9.17) is 10.5 Å². The van der Waals surface area contributed by atoms with Gasteiger partial charge in [-0.2, -0.15) is 0 Å². The molecule has 0 fully saturated rings. The minimum absolute atomic E-state index is 0. The summed E-state index contributed by atoms with van der Waals surface area (Å²) in [6.45, 7) is 4.05. The summed E-state index contributed by atoms with van der Waals surface area (Å²) in [5.74, 6) is 0.473. The topological polar surface area (TPSA) is 35.2 Å². The van der Waals surface area contributed by atoms with Crippen molar-refractivity contribution in [3.05, 3.63) is 29.6 Å². The van der Waals surface area contributed by atoms with E-state index in [1.165, 1.54) is 13.2 Å². The third-order valence-corrected chi connectivity index (χ3v) is 2.82. The van der Waals surface area contributed by atoms with Gasteiger partial charge in [-0.05, 0) is 18.1 Å². The van der Waals surface area contributed by atoms with E-state index in [-0.39, 0.29) is 30.2 Å². The molecule has 4 heteroatoms. The van der Waals surface area contributed by atoms with Crippen LogP contribution in [0.2, 0.25) is 0 Å². The second-order valence-electron chi connectivity index (χ2n) is 3.77. The highest BCUT2D eigenvalue weighted by Crippen LogP contribution is 2.31. The molecule has 0 spiro atoms. The highest BCUT2D eigenvalue weighted by molar-refractivity contribution is 5.85. The van der Waals surface area contributed by atoms with E-state index in [9.17, 15) is 4.39 Å². The van der Waals surface area contributed by atoms with Gasteiger partial charge in [0.2, 0.25) is 0 Å². The summed E-state index contributed by atoms with van der Waals surface area (Å²) in [4.78, 5) is 0. The number of methoxy groups -OCH3 is 1. The van der Waals surface area contributed by atoms with Crippen molar-refractivity contribution < 1.29 is 9.13 Å². The van der Waals surface area contributed by atoms with Gasteiger partial charge in [0.15, 0.2) is 0 Å². The maximum Gasteiger partial charge on any atom is 0.131 e. The lowest BCUT2D eigenvalue weighted by Crippen LogP contribution is -2.20. The van der Waals surface area contributed by atoms with Gasteiger partial charge in [-0.3, -0.25) is 0 Å². The Kier molecular flexibility index (Phi) is 6.38. The van der Waals surface area contributed by atoms with Gasteiger partial charge in [0.05, 0.1) is 7.11 Å². The molecule has 0 radical (unpaired) electrons. The summed E-state index contributed by atoms with van der Waals surface area (Å²) in [5, 5.41) is 0. The molecular formula is C12H19ClFNO. The molecule has 0 aliphatic rings. The van der Waals surface area contributed by atoms with Crippen LogP contribution in [0.1, 0.15) is 31.9 Å². The molecule has 16 heavy (non-hydrogen) atoms. The SMILES string of the molecule is CCC(C)[C@H](N)c1c(F)cccc1OC.Cl. The maximum atomic E-state index is 13.6. The molecule has 0 bridgehead atoms. The Labute approximate surface area is 102 Å². The van der Waals surface area contributed by atoms with Crippen LogP contribution < -0.4 is 10.5 Å². The molecule has 1 aromatic rings. The highest BCUT2D eigenvalue weighted by atomic mass is 35.5. The van der Waals surface area contributed by atoms with Gasteiger partial charge < -0.3 is 10.5 Å². The Balaban J connectivity index is 0.00000225. The van der Waals surface area contributed by atoms with E-state index in [2.05, 4.69) is 0 Å². The summed E-state index contributed by atoms with van der Waals surface area (Å²) >= 11 is 0. The predicted octanol–water partition coefficient (Wildman–Crippen LogP) is 3.30. The first-order valence-electron chi connectivity index (χ1n) is 5.19. The van der Waals surface area contributed by atoms with E-state index in [0.29, 0.717) is 11.3 Å². The van der Waals surface area contributed by atoms with Crippen molar-refractivity contribution in [3.8, 4) is 5.75 Å². The van der Waals surface area contributed by atoms with Gasteiger partial charge in [0.1, 0.15) is 11.6 Å². The Morgan fingerprint density at radius 1 is 1.44 bits per heavy atom. The minimum atomic E-state index is -0.314. The zero-order valence-corrected chi connectivity index (χ0v) is 10.7. The van der Waals surface area contributed by atoms with Gasteiger partial charge in [0.25, 0.3) is 0 Å². The van der Waals surface area contributed by atoms with Gasteiger partial charge in [-0.1, -0.05) is 26.3 Å². The number of ether oxygens (including phenoxy) is 1. The molecule has 1 unspecified atom stereocenters. The monoisotopic (exact) mass is 247 g/mol. The molecule has 0 aromatic heterocycles. The molecule has 0 saturated carbocycles. The van der Waals surface area contributed by atoms with Crippen molar-refractivity contribution in [2.24, 2.45) is 11.7 Å². The van der Waals surface area contributed by atoms with Crippen LogP contribution >= 0.6 is 12.4 Å². The zero-order chi connectivity index (χ0) is 11.4. The van der Waals surface area contributed by atoms with Gasteiger partial charge in [-0.25, -0.2) is 4.39 Å². The van der Waals surface area contributed by atoms with E-state index in [0.717, 1.165) is 6.42 Å². The fourth-order valence-corrected chi connectivity index (χ4v) is 1.56. The van der Waals surface area contributed by atoms with Crippen molar-refractivity contribution in [1.82, 2.24) is 0 Å². The minimum Gasteiger partial charge on any atom is -0.496 e. The van der Waals surface area contributed by atoms with E-state index >= 15 is 0 Å². The average Bonchev–Trinajstić information content (AvgIpc) is 2.26. The van der Waals surface area contributed by atoms with Crippen LogP contribution in [0.5, 0.6) is 5.75 Å². The van der Waals surface area contributed by atoms with Crippen LogP contribution in [-0.2, 0) is 0 Å². The number of rotatable bonds is 4. The first-order chi connectivity index (χ1) is 7.11. The van der Waals surface area contributed by atoms with E-state index < -0.39 is 0 Å². The van der Waals surface area contributed by atoms with Crippen molar-refractivity contribution in [3.63, 3.8) is 0 Å². The summed E-state index contributed by atoms with van der Waals surface area (Å²) in [7, 11) is 1.53. The molecule has 0 heterocycles. The lowest BCUT2D eigenvalue weighted by Gasteiger charge is -2.21. The van der Waals surface area contributed by atoms with Crippen LogP contribution in [0.15, 0.2) is 18.2 Å². The third-order valence-electron chi connectivity index (χ3n) is 2.82. The fraction of sp³-hybridized carbons (Fsp3) is 0.500. The third kappa shape index (κ3) is 3.09. The molecule has 0 aliphatic carbocycles. The second kappa shape index (κ2) is 6.71.